The molecule has 3 heteroatoms. The van der Waals surface area contributed by atoms with Gasteiger partial charge in [-0.25, -0.2) is 0 Å². The Morgan fingerprint density at radius 2 is 2.00 bits per heavy atom. The molecule has 1 N–H and O–H groups in total. The molecule has 1 aromatic carbocycles. The molecule has 1 aliphatic carbocycles. The molecule has 0 radical (unpaired) electrons. The highest BCUT2D eigenvalue weighted by Crippen LogP contribution is 2.59. The Labute approximate surface area is 127 Å². The van der Waals surface area contributed by atoms with Crippen molar-refractivity contribution < 1.29 is 9.53 Å². The summed E-state index contributed by atoms with van der Waals surface area (Å²) in [5, 5.41) is 3.31. The third-order valence-corrected chi connectivity index (χ3v) is 5.51. The molecule has 2 atom stereocenters. The van der Waals surface area contributed by atoms with Gasteiger partial charge in [-0.3, -0.25) is 4.79 Å². The van der Waals surface area contributed by atoms with Gasteiger partial charge in [-0.05, 0) is 43.6 Å². The number of hydrogen-bond acceptors (Lipinski definition) is 2. The summed E-state index contributed by atoms with van der Waals surface area (Å²) in [4.78, 5) is 12.7. The predicted molar refractivity (Wildman–Crippen MR) is 82.8 cm³/mol. The van der Waals surface area contributed by atoms with Crippen LogP contribution in [0.2, 0.25) is 0 Å². The van der Waals surface area contributed by atoms with E-state index in [1.165, 1.54) is 5.56 Å². The van der Waals surface area contributed by atoms with Crippen molar-refractivity contribution in [3.05, 3.63) is 35.9 Å². The zero-order valence-electron chi connectivity index (χ0n) is 13.0. The minimum atomic E-state index is -0.271. The summed E-state index contributed by atoms with van der Waals surface area (Å²) in [5.41, 5.74) is 1.16. The number of nitrogens with one attached hydrogen (secondary N) is 1. The molecule has 2 aliphatic rings. The second kappa shape index (κ2) is 5.45. The first-order chi connectivity index (χ1) is 10.1. The number of amides is 1. The Bertz CT molecular complexity index is 507. The fraction of sp³-hybridized carbons (Fsp3) is 0.611. The normalized spacial score (nSPS) is 26.1. The quantitative estimate of drug-likeness (QED) is 0.923. The highest BCUT2D eigenvalue weighted by Gasteiger charge is 2.58. The Hall–Kier alpha value is -1.35. The van der Waals surface area contributed by atoms with Crippen LogP contribution in [-0.2, 0) is 15.1 Å². The summed E-state index contributed by atoms with van der Waals surface area (Å²) in [6.45, 7) is 5.88. The highest BCUT2D eigenvalue weighted by atomic mass is 16.5. The van der Waals surface area contributed by atoms with E-state index in [0.29, 0.717) is 0 Å². The molecule has 1 aromatic rings. The van der Waals surface area contributed by atoms with E-state index in [1.807, 2.05) is 18.2 Å². The van der Waals surface area contributed by atoms with E-state index in [2.05, 4.69) is 31.3 Å². The molecule has 1 spiro atoms. The summed E-state index contributed by atoms with van der Waals surface area (Å²) in [5.74, 6) is 0.418. The molecule has 0 unspecified atom stereocenters. The SMILES string of the molecule is CC[C@@](C)(NC(=O)[C@@H]1CC12CCOCC2)c1ccccc1. The minimum Gasteiger partial charge on any atom is -0.381 e. The zero-order chi connectivity index (χ0) is 14.9. The molecule has 0 bridgehead atoms. The van der Waals surface area contributed by atoms with Gasteiger partial charge in [-0.2, -0.15) is 0 Å². The molecule has 3 nitrogen and oxygen atoms in total. The molecule has 114 valence electrons. The predicted octanol–water partition coefficient (Wildman–Crippen LogP) is 3.24. The molecule has 1 aliphatic heterocycles. The van der Waals surface area contributed by atoms with Crippen molar-refractivity contribution >= 4 is 5.91 Å². The lowest BCUT2D eigenvalue weighted by Gasteiger charge is -2.31. The van der Waals surface area contributed by atoms with Crippen LogP contribution in [-0.4, -0.2) is 19.1 Å². The summed E-state index contributed by atoms with van der Waals surface area (Å²) in [7, 11) is 0. The van der Waals surface area contributed by atoms with Crippen LogP contribution in [0.5, 0.6) is 0 Å². The van der Waals surface area contributed by atoms with Gasteiger partial charge in [0.05, 0.1) is 5.54 Å². The van der Waals surface area contributed by atoms with Crippen LogP contribution in [0.4, 0.5) is 0 Å². The average molecular weight is 287 g/mol. The minimum absolute atomic E-state index is 0.191. The third-order valence-electron chi connectivity index (χ3n) is 5.51. The van der Waals surface area contributed by atoms with Gasteiger partial charge in [0.15, 0.2) is 0 Å². The van der Waals surface area contributed by atoms with E-state index in [0.717, 1.165) is 38.9 Å². The Kier molecular flexibility index (Phi) is 3.78. The van der Waals surface area contributed by atoms with Gasteiger partial charge < -0.3 is 10.1 Å². The van der Waals surface area contributed by atoms with E-state index in [-0.39, 0.29) is 22.8 Å². The first-order valence-corrected chi connectivity index (χ1v) is 8.05. The lowest BCUT2D eigenvalue weighted by atomic mass is 9.88. The molecule has 1 saturated carbocycles. The van der Waals surface area contributed by atoms with Gasteiger partial charge in [0.2, 0.25) is 5.91 Å². The van der Waals surface area contributed by atoms with Gasteiger partial charge in [0.25, 0.3) is 0 Å². The second-order valence-corrected chi connectivity index (χ2v) is 6.77. The number of rotatable bonds is 4. The largest absolute Gasteiger partial charge is 0.381 e. The van der Waals surface area contributed by atoms with Gasteiger partial charge in [-0.15, -0.1) is 0 Å². The zero-order valence-corrected chi connectivity index (χ0v) is 13.0. The van der Waals surface area contributed by atoms with Gasteiger partial charge in [0, 0.05) is 19.1 Å². The van der Waals surface area contributed by atoms with Gasteiger partial charge >= 0.3 is 0 Å². The van der Waals surface area contributed by atoms with Crippen LogP contribution in [0.3, 0.4) is 0 Å². The Balaban J connectivity index is 1.69. The van der Waals surface area contributed by atoms with Gasteiger partial charge in [-0.1, -0.05) is 37.3 Å². The van der Waals surface area contributed by atoms with Crippen molar-refractivity contribution in [2.24, 2.45) is 11.3 Å². The number of ether oxygens (including phenoxy) is 1. The fourth-order valence-corrected chi connectivity index (χ4v) is 3.58. The summed E-state index contributed by atoms with van der Waals surface area (Å²) < 4.78 is 5.43. The van der Waals surface area contributed by atoms with Crippen LogP contribution in [0, 0.1) is 11.3 Å². The summed E-state index contributed by atoms with van der Waals surface area (Å²) in [6.07, 6.45) is 4.01. The number of benzene rings is 1. The van der Waals surface area contributed by atoms with E-state index < -0.39 is 0 Å². The molecular formula is C18H25NO2. The maximum atomic E-state index is 12.7. The molecule has 1 saturated heterocycles. The van der Waals surface area contributed by atoms with Crippen molar-refractivity contribution in [3.8, 4) is 0 Å². The van der Waals surface area contributed by atoms with Crippen LogP contribution in [0.25, 0.3) is 0 Å². The van der Waals surface area contributed by atoms with Gasteiger partial charge in [0.1, 0.15) is 0 Å². The molecular weight excluding hydrogens is 262 g/mol. The average Bonchev–Trinajstić information content (AvgIpc) is 3.22. The standard InChI is InChI=1S/C18H25NO2/c1-3-17(2,14-7-5-4-6-8-14)19-16(20)15-13-18(15)9-11-21-12-10-18/h4-8,15H,3,9-13H2,1-2H3,(H,19,20)/t15-,17+/m0/s1. The van der Waals surface area contributed by atoms with Crippen molar-refractivity contribution in [1.82, 2.24) is 5.32 Å². The maximum absolute atomic E-state index is 12.7. The van der Waals surface area contributed by atoms with Crippen molar-refractivity contribution in [3.63, 3.8) is 0 Å². The Morgan fingerprint density at radius 3 is 2.62 bits per heavy atom. The van der Waals surface area contributed by atoms with Crippen molar-refractivity contribution in [2.75, 3.05) is 13.2 Å². The number of carbonyl (C=O) groups is 1. The smallest absolute Gasteiger partial charge is 0.224 e. The molecule has 21 heavy (non-hydrogen) atoms. The first kappa shape index (κ1) is 14.6. The van der Waals surface area contributed by atoms with E-state index >= 15 is 0 Å². The Morgan fingerprint density at radius 1 is 1.33 bits per heavy atom. The molecule has 2 fully saturated rings. The summed E-state index contributed by atoms with van der Waals surface area (Å²) in [6, 6.07) is 10.3. The summed E-state index contributed by atoms with van der Waals surface area (Å²) >= 11 is 0. The molecule has 3 rings (SSSR count). The lowest BCUT2D eigenvalue weighted by Crippen LogP contribution is -2.44. The van der Waals surface area contributed by atoms with E-state index in [9.17, 15) is 4.79 Å². The highest BCUT2D eigenvalue weighted by molar-refractivity contribution is 5.83. The topological polar surface area (TPSA) is 38.3 Å². The number of carbonyl (C=O) groups excluding carboxylic acids is 1. The van der Waals surface area contributed by atoms with Crippen molar-refractivity contribution in [2.45, 2.75) is 45.1 Å². The monoisotopic (exact) mass is 287 g/mol. The molecule has 0 aromatic heterocycles. The van der Waals surface area contributed by atoms with Crippen LogP contribution < -0.4 is 5.32 Å². The number of hydrogen-bond donors (Lipinski definition) is 1. The first-order valence-electron chi connectivity index (χ1n) is 8.05. The van der Waals surface area contributed by atoms with Crippen molar-refractivity contribution in [1.29, 1.82) is 0 Å². The van der Waals surface area contributed by atoms with E-state index in [4.69, 9.17) is 4.74 Å². The van der Waals surface area contributed by atoms with E-state index in [1.54, 1.807) is 0 Å². The maximum Gasteiger partial charge on any atom is 0.224 e. The van der Waals surface area contributed by atoms with Crippen LogP contribution in [0.1, 0.15) is 45.1 Å². The van der Waals surface area contributed by atoms with Crippen LogP contribution in [0.15, 0.2) is 30.3 Å². The third kappa shape index (κ3) is 2.71. The lowest BCUT2D eigenvalue weighted by molar-refractivity contribution is -0.125. The molecule has 1 amide bonds. The van der Waals surface area contributed by atoms with Crippen LogP contribution >= 0.6 is 0 Å². The fourth-order valence-electron chi connectivity index (χ4n) is 3.58. The second-order valence-electron chi connectivity index (χ2n) is 6.77. The molecule has 1 heterocycles.